The molecule has 3 aliphatic heterocycles. The van der Waals surface area contributed by atoms with Crippen molar-refractivity contribution in [2.24, 2.45) is 5.92 Å². The summed E-state index contributed by atoms with van der Waals surface area (Å²) in [6, 6.07) is 12.0. The highest BCUT2D eigenvalue weighted by Gasteiger charge is 2.40. The topological polar surface area (TPSA) is 65.2 Å². The van der Waals surface area contributed by atoms with Gasteiger partial charge in [0.05, 0.1) is 10.7 Å². The zero-order valence-corrected chi connectivity index (χ0v) is 16.5. The van der Waals surface area contributed by atoms with Crippen LogP contribution in [-0.2, 0) is 0 Å². The van der Waals surface area contributed by atoms with Crippen LogP contribution in [0.5, 0.6) is 0 Å². The molecule has 5 nitrogen and oxygen atoms in total. The van der Waals surface area contributed by atoms with Gasteiger partial charge in [-0.05, 0) is 75.2 Å². The molecule has 1 aromatic carbocycles. The molecular formula is C21H25N3O2S. The van der Waals surface area contributed by atoms with Crippen LogP contribution in [0.1, 0.15) is 47.5 Å². The number of H-pyrrole nitrogens is 1. The van der Waals surface area contributed by atoms with Gasteiger partial charge in [0.15, 0.2) is 5.78 Å². The van der Waals surface area contributed by atoms with E-state index in [2.05, 4.69) is 22.1 Å². The molecule has 0 spiro atoms. The fourth-order valence-corrected chi connectivity index (χ4v) is 5.04. The smallest absolute Gasteiger partial charge is 0.251 e. The molecule has 2 N–H and O–H groups in total. The minimum absolute atomic E-state index is 0.0101. The van der Waals surface area contributed by atoms with Crippen molar-refractivity contribution < 1.29 is 9.59 Å². The third-order valence-electron chi connectivity index (χ3n) is 5.86. The summed E-state index contributed by atoms with van der Waals surface area (Å²) < 4.78 is 0. The Labute approximate surface area is 163 Å². The summed E-state index contributed by atoms with van der Waals surface area (Å²) >= 11 is 1.55. The van der Waals surface area contributed by atoms with Crippen molar-refractivity contribution in [3.63, 3.8) is 0 Å². The predicted molar refractivity (Wildman–Crippen MR) is 106 cm³/mol. The van der Waals surface area contributed by atoms with Crippen LogP contribution in [0.2, 0.25) is 0 Å². The van der Waals surface area contributed by atoms with E-state index in [-0.39, 0.29) is 17.7 Å². The van der Waals surface area contributed by atoms with Gasteiger partial charge in [-0.1, -0.05) is 11.8 Å². The van der Waals surface area contributed by atoms with E-state index in [9.17, 15) is 9.59 Å². The first-order valence-electron chi connectivity index (χ1n) is 9.54. The number of Topliss-reactive ketones (excluding diaryl/α,β-unsaturated/α-hetero) is 1. The van der Waals surface area contributed by atoms with Gasteiger partial charge in [-0.2, -0.15) is 0 Å². The van der Waals surface area contributed by atoms with Gasteiger partial charge in [-0.25, -0.2) is 0 Å². The molecule has 1 amide bonds. The second kappa shape index (κ2) is 7.52. The standard InChI is InChI=1S/C21H25N3O2S/c1-13-20(15-9-11-24(13)12-10-15)23-21(26)16-3-5-17(6-4-16)27-19-8-7-18(22-19)14(2)25/h3-8,13,15,20,22H,9-12H2,1-2H3,(H,23,26)/t13-,20-/m0/s1. The highest BCUT2D eigenvalue weighted by molar-refractivity contribution is 7.99. The Morgan fingerprint density at radius 2 is 1.81 bits per heavy atom. The summed E-state index contributed by atoms with van der Waals surface area (Å²) in [5.41, 5.74) is 1.30. The summed E-state index contributed by atoms with van der Waals surface area (Å²) in [7, 11) is 0. The number of aromatic nitrogens is 1. The lowest BCUT2D eigenvalue weighted by Gasteiger charge is -2.49. The molecule has 3 fully saturated rings. The van der Waals surface area contributed by atoms with Crippen LogP contribution in [0.3, 0.4) is 0 Å². The molecular weight excluding hydrogens is 358 g/mol. The van der Waals surface area contributed by atoms with E-state index < -0.39 is 0 Å². The Bertz CT molecular complexity index is 835. The quantitative estimate of drug-likeness (QED) is 0.775. The van der Waals surface area contributed by atoms with Crippen LogP contribution < -0.4 is 5.32 Å². The van der Waals surface area contributed by atoms with E-state index in [1.807, 2.05) is 30.3 Å². The Morgan fingerprint density at radius 3 is 2.41 bits per heavy atom. The van der Waals surface area contributed by atoms with E-state index >= 15 is 0 Å². The largest absolute Gasteiger partial charge is 0.347 e. The zero-order valence-electron chi connectivity index (χ0n) is 15.7. The highest BCUT2D eigenvalue weighted by atomic mass is 32.2. The lowest BCUT2D eigenvalue weighted by atomic mass is 9.79. The van der Waals surface area contributed by atoms with Crippen molar-refractivity contribution in [2.45, 2.75) is 48.7 Å². The van der Waals surface area contributed by atoms with E-state index in [4.69, 9.17) is 0 Å². The summed E-state index contributed by atoms with van der Waals surface area (Å²) in [5.74, 6) is 0.638. The summed E-state index contributed by atoms with van der Waals surface area (Å²) in [4.78, 5) is 30.7. The molecule has 0 radical (unpaired) electrons. The van der Waals surface area contributed by atoms with Crippen molar-refractivity contribution in [2.75, 3.05) is 13.1 Å². The minimum atomic E-state index is 0.0101. The number of rotatable bonds is 5. The second-order valence-electron chi connectivity index (χ2n) is 7.53. The zero-order chi connectivity index (χ0) is 19.0. The Hall–Kier alpha value is -2.05. The molecule has 2 bridgehead atoms. The van der Waals surface area contributed by atoms with Crippen LogP contribution >= 0.6 is 11.8 Å². The van der Waals surface area contributed by atoms with Gasteiger partial charge in [-0.15, -0.1) is 0 Å². The van der Waals surface area contributed by atoms with Gasteiger partial charge < -0.3 is 10.3 Å². The monoisotopic (exact) mass is 383 g/mol. The van der Waals surface area contributed by atoms with Gasteiger partial charge >= 0.3 is 0 Å². The molecule has 5 rings (SSSR count). The average Bonchev–Trinajstić information content (AvgIpc) is 3.14. The molecule has 0 saturated carbocycles. The number of aromatic amines is 1. The van der Waals surface area contributed by atoms with E-state index in [0.29, 0.717) is 23.2 Å². The third-order valence-corrected chi connectivity index (χ3v) is 6.82. The van der Waals surface area contributed by atoms with Gasteiger partial charge in [0.25, 0.3) is 5.91 Å². The SMILES string of the molecule is CC(=O)c1ccc(Sc2ccc(C(=O)N[C@@H]3C4CCN(CC4)[C@H]3C)cc2)[nH]1. The van der Waals surface area contributed by atoms with Gasteiger partial charge in [0.1, 0.15) is 0 Å². The maximum Gasteiger partial charge on any atom is 0.251 e. The molecule has 0 aliphatic carbocycles. The normalized spacial score (nSPS) is 26.7. The second-order valence-corrected chi connectivity index (χ2v) is 8.65. The molecule has 0 unspecified atom stereocenters. The lowest BCUT2D eigenvalue weighted by molar-refractivity contribution is 0.0217. The number of nitrogens with zero attached hydrogens (tertiary/aromatic N) is 1. The van der Waals surface area contributed by atoms with Crippen LogP contribution in [0.4, 0.5) is 0 Å². The van der Waals surface area contributed by atoms with Crippen molar-refractivity contribution in [3.8, 4) is 0 Å². The molecule has 1 aromatic heterocycles. The van der Waals surface area contributed by atoms with Gasteiger partial charge in [-0.3, -0.25) is 14.5 Å². The number of amides is 1. The first-order valence-corrected chi connectivity index (χ1v) is 10.4. The number of nitrogens with one attached hydrogen (secondary N) is 2. The minimum Gasteiger partial charge on any atom is -0.347 e. The fourth-order valence-electron chi connectivity index (χ4n) is 4.22. The van der Waals surface area contributed by atoms with Gasteiger partial charge in [0.2, 0.25) is 0 Å². The van der Waals surface area contributed by atoms with E-state index in [1.54, 1.807) is 24.8 Å². The molecule has 6 heteroatoms. The number of hydrogen-bond donors (Lipinski definition) is 2. The summed E-state index contributed by atoms with van der Waals surface area (Å²) in [5, 5.41) is 4.19. The summed E-state index contributed by atoms with van der Waals surface area (Å²) in [6.07, 6.45) is 2.37. The highest BCUT2D eigenvalue weighted by Crippen LogP contribution is 2.32. The molecule has 27 heavy (non-hydrogen) atoms. The Balaban J connectivity index is 1.39. The van der Waals surface area contributed by atoms with Crippen molar-refractivity contribution in [3.05, 3.63) is 47.7 Å². The van der Waals surface area contributed by atoms with Crippen molar-refractivity contribution in [1.29, 1.82) is 0 Å². The molecule has 142 valence electrons. The number of carbonyl (C=O) groups is 2. The number of ketones is 1. The number of fused-ring (bicyclic) bond motifs is 3. The third kappa shape index (κ3) is 3.82. The molecule has 2 aromatic rings. The van der Waals surface area contributed by atoms with Crippen LogP contribution in [0.15, 0.2) is 46.3 Å². The first kappa shape index (κ1) is 18.3. The maximum atomic E-state index is 12.7. The maximum absolute atomic E-state index is 12.7. The predicted octanol–water partition coefficient (Wildman–Crippen LogP) is 3.58. The number of carbonyl (C=O) groups excluding carboxylic acids is 2. The fraction of sp³-hybridized carbons (Fsp3) is 0.429. The van der Waals surface area contributed by atoms with Crippen molar-refractivity contribution in [1.82, 2.24) is 15.2 Å². The summed E-state index contributed by atoms with van der Waals surface area (Å²) in [6.45, 7) is 6.09. The Morgan fingerprint density at radius 1 is 1.11 bits per heavy atom. The van der Waals surface area contributed by atoms with Crippen LogP contribution in [0.25, 0.3) is 0 Å². The number of hydrogen-bond acceptors (Lipinski definition) is 4. The Kier molecular flexibility index (Phi) is 5.10. The van der Waals surface area contributed by atoms with Crippen LogP contribution in [0, 0.1) is 5.92 Å². The molecule has 3 saturated heterocycles. The van der Waals surface area contributed by atoms with Crippen LogP contribution in [-0.4, -0.2) is 46.7 Å². The van der Waals surface area contributed by atoms with E-state index in [1.165, 1.54) is 12.8 Å². The molecule has 4 heterocycles. The number of piperidine rings is 3. The molecule has 2 atom stereocenters. The lowest BCUT2D eigenvalue weighted by Crippen LogP contribution is -2.62. The molecule has 3 aliphatic rings. The average molecular weight is 384 g/mol. The first-order chi connectivity index (χ1) is 13.0. The van der Waals surface area contributed by atoms with E-state index in [0.717, 1.165) is 23.0 Å². The van der Waals surface area contributed by atoms with Gasteiger partial charge in [0, 0.05) is 29.5 Å². The number of benzene rings is 1. The van der Waals surface area contributed by atoms with Crippen molar-refractivity contribution >= 4 is 23.5 Å².